The van der Waals surface area contributed by atoms with E-state index in [2.05, 4.69) is 45.7 Å². The van der Waals surface area contributed by atoms with Gasteiger partial charge in [-0.1, -0.05) is 13.8 Å². The van der Waals surface area contributed by atoms with Gasteiger partial charge in [-0.05, 0) is 93.2 Å². The summed E-state index contributed by atoms with van der Waals surface area (Å²) in [5, 5.41) is 0. The fourth-order valence-electron chi connectivity index (χ4n) is 2.26. The van der Waals surface area contributed by atoms with Gasteiger partial charge in [-0.15, -0.1) is 0 Å². The van der Waals surface area contributed by atoms with E-state index in [4.69, 9.17) is 14.2 Å². The summed E-state index contributed by atoms with van der Waals surface area (Å²) in [4.78, 5) is 0. The minimum Gasteiger partial charge on any atom is -0.494 e. The molecule has 5 heteroatoms. The Morgan fingerprint density at radius 1 is 0.960 bits per heavy atom. The lowest BCUT2D eigenvalue weighted by Crippen LogP contribution is -1.98. The molecule has 2 rings (SSSR count). The first-order valence-electron chi connectivity index (χ1n) is 8.18. The molecule has 0 saturated carbocycles. The highest BCUT2D eigenvalue weighted by molar-refractivity contribution is 9.28. The zero-order valence-electron chi connectivity index (χ0n) is 14.6. The Morgan fingerprint density at radius 3 is 2.20 bits per heavy atom. The molecule has 0 amide bonds. The summed E-state index contributed by atoms with van der Waals surface area (Å²) in [5.41, 5.74) is 1.10. The van der Waals surface area contributed by atoms with Crippen molar-refractivity contribution in [2.24, 2.45) is 0 Å². The molecule has 3 nitrogen and oxygen atoms in total. The van der Waals surface area contributed by atoms with Crippen LogP contribution in [0.1, 0.15) is 32.3 Å². The van der Waals surface area contributed by atoms with Crippen molar-refractivity contribution >= 4 is 31.9 Å². The average Bonchev–Trinajstić information content (AvgIpc) is 2.57. The van der Waals surface area contributed by atoms with Gasteiger partial charge in [-0.3, -0.25) is 0 Å². The molecule has 0 bridgehead atoms. The molecule has 0 N–H and O–H groups in total. The maximum atomic E-state index is 6.06. The van der Waals surface area contributed by atoms with Crippen LogP contribution < -0.4 is 14.2 Å². The van der Waals surface area contributed by atoms with E-state index in [0.717, 1.165) is 32.0 Å². The van der Waals surface area contributed by atoms with Crippen LogP contribution in [0.4, 0.5) is 0 Å². The van der Waals surface area contributed by atoms with Crippen molar-refractivity contribution in [3.63, 3.8) is 0 Å². The van der Waals surface area contributed by atoms with Crippen LogP contribution in [0.3, 0.4) is 0 Å². The van der Waals surface area contributed by atoms with Gasteiger partial charge in [0.1, 0.15) is 29.6 Å². The second-order valence-corrected chi connectivity index (χ2v) is 8.44. The number of benzene rings is 2. The predicted molar refractivity (Wildman–Crippen MR) is 110 cm³/mol. The van der Waals surface area contributed by atoms with E-state index in [9.17, 15) is 0 Å². The molecular formula is C20H22Br2O3. The lowest BCUT2D eigenvalue weighted by molar-refractivity contribution is 0.339. The topological polar surface area (TPSA) is 27.7 Å². The highest BCUT2D eigenvalue weighted by Gasteiger charge is 2.11. The summed E-state index contributed by atoms with van der Waals surface area (Å²) in [5.74, 6) is 3.60. The smallest absolute Gasteiger partial charge is 0.131 e. The van der Waals surface area contributed by atoms with E-state index in [0.29, 0.717) is 19.1 Å². The third kappa shape index (κ3) is 6.40. The van der Waals surface area contributed by atoms with Crippen molar-refractivity contribution in [2.75, 3.05) is 13.2 Å². The third-order valence-corrected chi connectivity index (χ3v) is 4.10. The van der Waals surface area contributed by atoms with Crippen molar-refractivity contribution in [1.82, 2.24) is 0 Å². The summed E-state index contributed by atoms with van der Waals surface area (Å²) in [6, 6.07) is 13.6. The van der Waals surface area contributed by atoms with E-state index < -0.39 is 0 Å². The lowest BCUT2D eigenvalue weighted by Gasteiger charge is -2.16. The normalized spacial score (nSPS) is 10.5. The Bertz CT molecular complexity index is 705. The number of rotatable bonds is 8. The average molecular weight is 470 g/mol. The molecule has 134 valence electrons. The predicted octanol–water partition coefficient (Wildman–Crippen LogP) is 7.01. The Balaban J connectivity index is 2.15. The summed E-state index contributed by atoms with van der Waals surface area (Å²) >= 11 is 6.64. The Labute approximate surface area is 166 Å². The largest absolute Gasteiger partial charge is 0.494 e. The highest BCUT2D eigenvalue weighted by atomic mass is 79.9. The third-order valence-electron chi connectivity index (χ3n) is 3.45. The summed E-state index contributed by atoms with van der Waals surface area (Å²) in [6.45, 7) is 7.38. The number of hydrogen-bond acceptors (Lipinski definition) is 3. The van der Waals surface area contributed by atoms with Crippen LogP contribution in [0.2, 0.25) is 0 Å². The molecule has 0 aliphatic heterocycles. The Kier molecular flexibility index (Phi) is 7.85. The number of halogens is 2. The first-order valence-corrected chi connectivity index (χ1v) is 9.76. The van der Waals surface area contributed by atoms with Gasteiger partial charge in [0.15, 0.2) is 0 Å². The van der Waals surface area contributed by atoms with Gasteiger partial charge in [0.05, 0.1) is 10.00 Å². The van der Waals surface area contributed by atoms with Crippen LogP contribution >= 0.6 is 31.9 Å². The molecular weight excluding hydrogens is 448 g/mol. The van der Waals surface area contributed by atoms with Gasteiger partial charge in [0.2, 0.25) is 0 Å². The lowest BCUT2D eigenvalue weighted by atomic mass is 10.0. The van der Waals surface area contributed by atoms with Crippen LogP contribution in [-0.2, 0) is 0 Å². The molecule has 0 unspecified atom stereocenters. The van der Waals surface area contributed by atoms with E-state index in [-0.39, 0.29) is 0 Å². The van der Waals surface area contributed by atoms with Crippen LogP contribution in [0.25, 0.3) is 0 Å². The minimum atomic E-state index is 0.319. The second-order valence-electron chi connectivity index (χ2n) is 5.67. The fourth-order valence-corrected chi connectivity index (χ4v) is 2.52. The molecule has 0 aromatic heterocycles. The number of hydrogen-bond donors (Lipinski definition) is 0. The molecule has 0 aliphatic rings. The molecule has 0 spiro atoms. The zero-order chi connectivity index (χ0) is 18.2. The van der Waals surface area contributed by atoms with Crippen molar-refractivity contribution in [2.45, 2.75) is 26.7 Å². The van der Waals surface area contributed by atoms with Gasteiger partial charge in [-0.25, -0.2) is 0 Å². The van der Waals surface area contributed by atoms with Gasteiger partial charge >= 0.3 is 0 Å². The maximum Gasteiger partial charge on any atom is 0.131 e. The minimum absolute atomic E-state index is 0.319. The van der Waals surface area contributed by atoms with Crippen LogP contribution in [0.5, 0.6) is 23.0 Å². The van der Waals surface area contributed by atoms with E-state index in [1.54, 1.807) is 0 Å². The fraction of sp³-hybridized carbons (Fsp3) is 0.300. The van der Waals surface area contributed by atoms with Crippen LogP contribution in [0.15, 0.2) is 51.9 Å². The first-order chi connectivity index (χ1) is 12.0. The quantitative estimate of drug-likeness (QED) is 0.416. The van der Waals surface area contributed by atoms with Gasteiger partial charge in [0.25, 0.3) is 0 Å². The van der Waals surface area contributed by atoms with Gasteiger partial charge < -0.3 is 14.2 Å². The highest BCUT2D eigenvalue weighted by Crippen LogP contribution is 2.34. The Morgan fingerprint density at radius 2 is 1.60 bits per heavy atom. The SMILES string of the molecule is CCOc1ccc(Oc2ccc(OCC=C(Br)Br)cc2C(C)C)cc1. The van der Waals surface area contributed by atoms with E-state index in [1.807, 2.05) is 55.5 Å². The molecule has 0 aliphatic carbocycles. The van der Waals surface area contributed by atoms with Crippen molar-refractivity contribution in [1.29, 1.82) is 0 Å². The van der Waals surface area contributed by atoms with E-state index >= 15 is 0 Å². The summed E-state index contributed by atoms with van der Waals surface area (Å²) < 4.78 is 18.1. The monoisotopic (exact) mass is 468 g/mol. The Hall–Kier alpha value is -1.46. The molecule has 2 aromatic rings. The summed E-state index contributed by atoms with van der Waals surface area (Å²) in [7, 11) is 0. The van der Waals surface area contributed by atoms with Crippen molar-refractivity contribution < 1.29 is 14.2 Å². The van der Waals surface area contributed by atoms with Crippen molar-refractivity contribution in [3.05, 3.63) is 57.5 Å². The molecule has 0 saturated heterocycles. The molecule has 0 atom stereocenters. The first kappa shape index (κ1) is 19.9. The molecule has 25 heavy (non-hydrogen) atoms. The molecule has 0 fully saturated rings. The second kappa shape index (κ2) is 9.88. The van der Waals surface area contributed by atoms with E-state index in [1.165, 1.54) is 0 Å². The summed E-state index contributed by atoms with van der Waals surface area (Å²) in [6.07, 6.45) is 1.90. The molecule has 2 aromatic carbocycles. The molecule has 0 heterocycles. The molecule has 0 radical (unpaired) electrons. The number of ether oxygens (including phenoxy) is 3. The van der Waals surface area contributed by atoms with Gasteiger partial charge in [-0.2, -0.15) is 0 Å². The van der Waals surface area contributed by atoms with Crippen LogP contribution in [-0.4, -0.2) is 13.2 Å². The maximum absolute atomic E-state index is 6.06. The van der Waals surface area contributed by atoms with Gasteiger partial charge in [0, 0.05) is 5.56 Å². The standard InChI is InChI=1S/C20H22Br2O3/c1-4-23-15-5-7-16(8-6-15)25-19-10-9-17(13-18(19)14(2)3)24-12-11-20(21)22/h5-11,13-14H,4,12H2,1-3H3. The van der Waals surface area contributed by atoms with Crippen LogP contribution in [0, 0.1) is 0 Å². The zero-order valence-corrected chi connectivity index (χ0v) is 17.8. The van der Waals surface area contributed by atoms with Crippen molar-refractivity contribution in [3.8, 4) is 23.0 Å².